The van der Waals surface area contributed by atoms with Crippen LogP contribution in [0, 0.1) is 0 Å². The fourth-order valence-electron chi connectivity index (χ4n) is 4.05. The maximum Gasteiger partial charge on any atom is 0.161 e. The standard InChI is InChI=1S/C25H35NO4/c1-6-27-22-11-10-18(13-23(22)28-7-2)12-21-14-19-15-24(29-8-3)25(30-9-4)16-20(19)17-26(21)5/h10-11,13,15-16,21H,6-9,12,14,17H2,1-5H3. The zero-order valence-corrected chi connectivity index (χ0v) is 19.0. The van der Waals surface area contributed by atoms with Crippen molar-refractivity contribution in [3.8, 4) is 23.0 Å². The van der Waals surface area contributed by atoms with Crippen molar-refractivity contribution in [2.24, 2.45) is 0 Å². The normalized spacial score (nSPS) is 16.1. The van der Waals surface area contributed by atoms with E-state index in [9.17, 15) is 0 Å². The molecule has 0 aromatic heterocycles. The second kappa shape index (κ2) is 10.6. The summed E-state index contributed by atoms with van der Waals surface area (Å²) in [6.45, 7) is 11.4. The Hall–Kier alpha value is -2.40. The van der Waals surface area contributed by atoms with Crippen LogP contribution in [0.25, 0.3) is 0 Å². The Morgan fingerprint density at radius 2 is 1.27 bits per heavy atom. The summed E-state index contributed by atoms with van der Waals surface area (Å²) in [4.78, 5) is 2.43. The Kier molecular flexibility index (Phi) is 7.86. The molecule has 1 aliphatic rings. The zero-order chi connectivity index (χ0) is 21.5. The number of ether oxygens (including phenoxy) is 4. The van der Waals surface area contributed by atoms with Crippen molar-refractivity contribution in [1.29, 1.82) is 0 Å². The predicted molar refractivity (Wildman–Crippen MR) is 120 cm³/mol. The Labute approximate surface area is 180 Å². The molecule has 0 amide bonds. The van der Waals surface area contributed by atoms with Gasteiger partial charge in [-0.25, -0.2) is 0 Å². The van der Waals surface area contributed by atoms with Gasteiger partial charge in [0.2, 0.25) is 0 Å². The van der Waals surface area contributed by atoms with Gasteiger partial charge in [0, 0.05) is 12.6 Å². The second-order valence-corrected chi connectivity index (χ2v) is 7.56. The molecule has 0 fully saturated rings. The van der Waals surface area contributed by atoms with E-state index in [0.29, 0.717) is 32.5 Å². The smallest absolute Gasteiger partial charge is 0.161 e. The highest BCUT2D eigenvalue weighted by molar-refractivity contribution is 5.49. The van der Waals surface area contributed by atoms with Crippen molar-refractivity contribution < 1.29 is 18.9 Å². The average Bonchev–Trinajstić information content (AvgIpc) is 2.72. The molecule has 1 atom stereocenters. The number of likely N-dealkylation sites (N-methyl/N-ethyl adjacent to an activating group) is 1. The number of hydrogen-bond donors (Lipinski definition) is 0. The molecular weight excluding hydrogens is 378 g/mol. The van der Waals surface area contributed by atoms with Gasteiger partial charge in [-0.1, -0.05) is 6.07 Å². The molecule has 164 valence electrons. The first-order valence-corrected chi connectivity index (χ1v) is 11.1. The largest absolute Gasteiger partial charge is 0.490 e. The van der Waals surface area contributed by atoms with Gasteiger partial charge in [0.15, 0.2) is 23.0 Å². The molecule has 0 bridgehead atoms. The van der Waals surface area contributed by atoms with Gasteiger partial charge >= 0.3 is 0 Å². The van der Waals surface area contributed by atoms with Crippen molar-refractivity contribution >= 4 is 0 Å². The molecule has 1 heterocycles. The molecule has 0 radical (unpaired) electrons. The Morgan fingerprint density at radius 3 is 1.87 bits per heavy atom. The highest BCUT2D eigenvalue weighted by Crippen LogP contribution is 2.36. The van der Waals surface area contributed by atoms with E-state index in [1.807, 2.05) is 33.8 Å². The Bertz CT molecular complexity index is 836. The van der Waals surface area contributed by atoms with Crippen molar-refractivity contribution in [1.82, 2.24) is 4.90 Å². The first-order valence-electron chi connectivity index (χ1n) is 11.1. The third-order valence-corrected chi connectivity index (χ3v) is 5.44. The quantitative estimate of drug-likeness (QED) is 0.555. The van der Waals surface area contributed by atoms with Gasteiger partial charge in [0.25, 0.3) is 0 Å². The number of benzene rings is 2. The molecule has 2 aromatic rings. The van der Waals surface area contributed by atoms with Crippen LogP contribution >= 0.6 is 0 Å². The highest BCUT2D eigenvalue weighted by atomic mass is 16.5. The number of hydrogen-bond acceptors (Lipinski definition) is 5. The SMILES string of the molecule is CCOc1ccc(CC2Cc3cc(OCC)c(OCC)cc3CN2C)cc1OCC. The van der Waals surface area contributed by atoms with Gasteiger partial charge in [-0.3, -0.25) is 4.90 Å². The van der Waals surface area contributed by atoms with Gasteiger partial charge in [-0.15, -0.1) is 0 Å². The van der Waals surface area contributed by atoms with Gasteiger partial charge in [-0.2, -0.15) is 0 Å². The van der Waals surface area contributed by atoms with E-state index < -0.39 is 0 Å². The lowest BCUT2D eigenvalue weighted by molar-refractivity contribution is 0.211. The molecule has 0 N–H and O–H groups in total. The van der Waals surface area contributed by atoms with Crippen molar-refractivity contribution in [2.75, 3.05) is 33.5 Å². The molecule has 0 saturated carbocycles. The predicted octanol–water partition coefficient (Wildman–Crippen LogP) is 4.88. The van der Waals surface area contributed by atoms with E-state index in [1.165, 1.54) is 16.7 Å². The minimum atomic E-state index is 0.414. The topological polar surface area (TPSA) is 40.2 Å². The van der Waals surface area contributed by atoms with E-state index >= 15 is 0 Å². The third-order valence-electron chi connectivity index (χ3n) is 5.44. The number of rotatable bonds is 10. The molecule has 0 saturated heterocycles. The van der Waals surface area contributed by atoms with Crippen molar-refractivity contribution in [3.63, 3.8) is 0 Å². The molecule has 3 rings (SSSR count). The number of nitrogens with zero attached hydrogens (tertiary/aromatic N) is 1. The van der Waals surface area contributed by atoms with Crippen molar-refractivity contribution in [2.45, 2.75) is 53.1 Å². The van der Waals surface area contributed by atoms with Crippen LogP contribution in [0.15, 0.2) is 30.3 Å². The molecule has 1 aliphatic heterocycles. The highest BCUT2D eigenvalue weighted by Gasteiger charge is 2.26. The lowest BCUT2D eigenvalue weighted by atomic mass is 9.90. The first kappa shape index (κ1) is 22.3. The summed E-state index contributed by atoms with van der Waals surface area (Å²) in [6, 6.07) is 11.1. The third kappa shape index (κ3) is 5.20. The van der Waals surface area contributed by atoms with E-state index in [1.54, 1.807) is 0 Å². The van der Waals surface area contributed by atoms with Crippen LogP contribution in [0.1, 0.15) is 44.4 Å². The second-order valence-electron chi connectivity index (χ2n) is 7.56. The summed E-state index contributed by atoms with van der Waals surface area (Å²) >= 11 is 0. The average molecular weight is 414 g/mol. The summed E-state index contributed by atoms with van der Waals surface area (Å²) in [5.41, 5.74) is 3.93. The fraction of sp³-hybridized carbons (Fsp3) is 0.520. The molecule has 1 unspecified atom stereocenters. The molecular formula is C25H35NO4. The maximum atomic E-state index is 5.85. The van der Waals surface area contributed by atoms with Crippen LogP contribution in [0.2, 0.25) is 0 Å². The summed E-state index contributed by atoms with van der Waals surface area (Å²) in [5, 5.41) is 0. The zero-order valence-electron chi connectivity index (χ0n) is 19.0. The monoisotopic (exact) mass is 413 g/mol. The first-order chi connectivity index (χ1) is 14.6. The molecule has 30 heavy (non-hydrogen) atoms. The van der Waals surface area contributed by atoms with Gasteiger partial charge in [0.05, 0.1) is 26.4 Å². The Morgan fingerprint density at radius 1 is 0.733 bits per heavy atom. The summed E-state index contributed by atoms with van der Waals surface area (Å²) < 4.78 is 23.2. The van der Waals surface area contributed by atoms with Crippen LogP contribution in [0.4, 0.5) is 0 Å². The van der Waals surface area contributed by atoms with Gasteiger partial charge < -0.3 is 18.9 Å². The Balaban J connectivity index is 1.81. The van der Waals surface area contributed by atoms with Gasteiger partial charge in [-0.05, 0) is 88.5 Å². The lowest BCUT2D eigenvalue weighted by Crippen LogP contribution is -2.39. The lowest BCUT2D eigenvalue weighted by Gasteiger charge is -2.35. The fourth-order valence-corrected chi connectivity index (χ4v) is 4.05. The van der Waals surface area contributed by atoms with Crippen LogP contribution < -0.4 is 18.9 Å². The molecule has 5 heteroatoms. The summed E-state index contributed by atoms with van der Waals surface area (Å²) in [6.07, 6.45) is 1.94. The van der Waals surface area contributed by atoms with E-state index in [0.717, 1.165) is 42.4 Å². The molecule has 0 spiro atoms. The van der Waals surface area contributed by atoms with E-state index in [4.69, 9.17) is 18.9 Å². The molecule has 2 aromatic carbocycles. The number of fused-ring (bicyclic) bond motifs is 1. The summed E-state index contributed by atoms with van der Waals surface area (Å²) in [5.74, 6) is 3.34. The maximum absolute atomic E-state index is 5.85. The summed E-state index contributed by atoms with van der Waals surface area (Å²) in [7, 11) is 2.20. The van der Waals surface area contributed by atoms with Crippen LogP contribution in [0.5, 0.6) is 23.0 Å². The van der Waals surface area contributed by atoms with E-state index in [-0.39, 0.29) is 0 Å². The van der Waals surface area contributed by atoms with Crippen molar-refractivity contribution in [3.05, 3.63) is 47.0 Å². The minimum Gasteiger partial charge on any atom is -0.490 e. The molecule has 5 nitrogen and oxygen atoms in total. The van der Waals surface area contributed by atoms with Crippen LogP contribution in [-0.2, 0) is 19.4 Å². The van der Waals surface area contributed by atoms with E-state index in [2.05, 4.69) is 36.2 Å². The van der Waals surface area contributed by atoms with Crippen LogP contribution in [0.3, 0.4) is 0 Å². The molecule has 0 aliphatic carbocycles. The van der Waals surface area contributed by atoms with Gasteiger partial charge in [0.1, 0.15) is 0 Å². The van der Waals surface area contributed by atoms with Crippen LogP contribution in [-0.4, -0.2) is 44.4 Å². The minimum absolute atomic E-state index is 0.414.